The van der Waals surface area contributed by atoms with Crippen molar-refractivity contribution >= 4 is 23.9 Å². The van der Waals surface area contributed by atoms with E-state index in [2.05, 4.69) is 84.0 Å². The Kier molecular flexibility index (Phi) is 11.3. The van der Waals surface area contributed by atoms with Gasteiger partial charge in [-0.3, -0.25) is 0 Å². The quantitative estimate of drug-likeness (QED) is 0.374. The van der Waals surface area contributed by atoms with E-state index >= 15 is 0 Å². The number of terminal acetylenes is 1. The molecule has 2 aromatic carbocycles. The van der Waals surface area contributed by atoms with Gasteiger partial charge in [-0.05, 0) is 70.9 Å². The maximum atomic E-state index is 4.60. The van der Waals surface area contributed by atoms with Crippen LogP contribution in [0.2, 0.25) is 0 Å². The predicted molar refractivity (Wildman–Crippen MR) is 138 cm³/mol. The molecule has 162 valence electrons. The first-order chi connectivity index (χ1) is 14.3. The van der Waals surface area contributed by atoms with Crippen LogP contribution < -0.4 is 10.4 Å². The molecule has 0 spiro atoms. The Morgan fingerprint density at radius 3 is 1.90 bits per heavy atom. The Balaban J connectivity index is 0.000000372. The van der Waals surface area contributed by atoms with Crippen LogP contribution in [-0.2, 0) is 12.8 Å². The average molecular weight is 403 g/mol. The van der Waals surface area contributed by atoms with Crippen LogP contribution in [0.25, 0.3) is 23.9 Å². The molecule has 30 heavy (non-hydrogen) atoms. The van der Waals surface area contributed by atoms with Crippen LogP contribution in [0.5, 0.6) is 0 Å². The van der Waals surface area contributed by atoms with Gasteiger partial charge < -0.3 is 0 Å². The summed E-state index contributed by atoms with van der Waals surface area (Å²) >= 11 is 0. The summed E-state index contributed by atoms with van der Waals surface area (Å²) in [7, 11) is 0. The molecule has 0 heterocycles. The molecule has 0 bridgehead atoms. The smallest absolute Gasteiger partial charge is 0.00297 e. The van der Waals surface area contributed by atoms with Crippen molar-refractivity contribution in [1.29, 1.82) is 0 Å². The Bertz CT molecular complexity index is 948. The van der Waals surface area contributed by atoms with Crippen LogP contribution in [0.1, 0.15) is 77.8 Å². The van der Waals surface area contributed by atoms with Gasteiger partial charge in [0.05, 0.1) is 0 Å². The number of rotatable bonds is 4. The first-order valence-electron chi connectivity index (χ1n) is 11.5. The van der Waals surface area contributed by atoms with E-state index in [1.807, 2.05) is 0 Å². The second kappa shape index (κ2) is 13.1. The van der Waals surface area contributed by atoms with Crippen LogP contribution in [0, 0.1) is 24.2 Å². The number of hydrogen-bond acceptors (Lipinski definition) is 0. The third-order valence-electron chi connectivity index (χ3n) is 6.27. The van der Waals surface area contributed by atoms with Crippen molar-refractivity contribution in [3.8, 4) is 12.3 Å². The molecule has 0 aliphatic heterocycles. The van der Waals surface area contributed by atoms with E-state index < -0.39 is 0 Å². The zero-order valence-corrected chi connectivity index (χ0v) is 20.1. The van der Waals surface area contributed by atoms with Crippen molar-refractivity contribution in [2.45, 2.75) is 79.6 Å². The summed E-state index contributed by atoms with van der Waals surface area (Å²) in [6, 6.07) is 8.46. The molecule has 1 aliphatic rings. The first kappa shape index (κ1) is 25.8. The van der Waals surface area contributed by atoms with Gasteiger partial charge in [-0.2, -0.15) is 0 Å². The molecule has 1 atom stereocenters. The minimum atomic E-state index is 0.473. The van der Waals surface area contributed by atoms with Gasteiger partial charge in [-0.25, -0.2) is 0 Å². The Hall–Kier alpha value is -2.26. The standard InChI is InChI=1S/C20H24.C7H14.C3H4/c1-7-17-15(5)18-10-8-9-11-19(18)16(6)20(17)12-14(4)13(2)3;1-7-5-3-2-4-6-7;1-3-2/h8-11,14H,2,5-7,12H2,1,3-4H3;7H,2-6H2,1H3;1H,2H3/t14-;;/m0../s1. The molecular weight excluding hydrogens is 360 g/mol. The van der Waals surface area contributed by atoms with Gasteiger partial charge in [0, 0.05) is 0 Å². The fourth-order valence-corrected chi connectivity index (χ4v) is 4.16. The molecule has 0 radical (unpaired) electrons. The highest BCUT2D eigenvalue weighted by Crippen LogP contribution is 2.22. The molecule has 0 unspecified atom stereocenters. The summed E-state index contributed by atoms with van der Waals surface area (Å²) in [6.45, 7) is 23.3. The van der Waals surface area contributed by atoms with E-state index in [1.165, 1.54) is 64.8 Å². The molecule has 0 amide bonds. The van der Waals surface area contributed by atoms with Crippen LogP contribution in [0.4, 0.5) is 0 Å². The van der Waals surface area contributed by atoms with Crippen LogP contribution >= 0.6 is 0 Å². The van der Waals surface area contributed by atoms with Gasteiger partial charge >= 0.3 is 0 Å². The number of benzene rings is 2. The van der Waals surface area contributed by atoms with Gasteiger partial charge in [-0.15, -0.1) is 12.3 Å². The molecular formula is C30H42. The normalized spacial score (nSPS) is 14.5. The largest absolute Gasteiger partial charge is 0.120 e. The number of fused-ring (bicyclic) bond motifs is 1. The van der Waals surface area contributed by atoms with E-state index in [9.17, 15) is 0 Å². The van der Waals surface area contributed by atoms with E-state index in [1.54, 1.807) is 6.92 Å². The predicted octanol–water partition coefficient (Wildman–Crippen LogP) is 7.20. The fourth-order valence-electron chi connectivity index (χ4n) is 4.16. The highest BCUT2D eigenvalue weighted by molar-refractivity contribution is 5.85. The molecule has 1 aliphatic carbocycles. The molecule has 0 nitrogen and oxygen atoms in total. The maximum Gasteiger partial charge on any atom is -0.00297 e. The minimum absolute atomic E-state index is 0.473. The third kappa shape index (κ3) is 7.21. The van der Waals surface area contributed by atoms with E-state index in [0.717, 1.165) is 24.0 Å². The lowest BCUT2D eigenvalue weighted by Gasteiger charge is -2.17. The van der Waals surface area contributed by atoms with Crippen molar-refractivity contribution in [2.75, 3.05) is 0 Å². The number of allylic oxidation sites excluding steroid dienone is 1. The molecule has 0 N–H and O–H groups in total. The Labute approximate surface area is 185 Å². The molecule has 1 saturated carbocycles. The summed E-state index contributed by atoms with van der Waals surface area (Å²) in [4.78, 5) is 0. The fraction of sp³-hybridized carbons (Fsp3) is 0.467. The second-order valence-corrected chi connectivity index (χ2v) is 8.80. The van der Waals surface area contributed by atoms with Crippen LogP contribution in [-0.4, -0.2) is 0 Å². The molecule has 3 rings (SSSR count). The van der Waals surface area contributed by atoms with E-state index in [0.29, 0.717) is 5.92 Å². The van der Waals surface area contributed by atoms with E-state index in [-0.39, 0.29) is 0 Å². The summed E-state index contributed by atoms with van der Waals surface area (Å²) in [5.74, 6) is 3.76. The van der Waals surface area contributed by atoms with Crippen molar-refractivity contribution in [3.05, 3.63) is 58.0 Å². The molecule has 0 saturated heterocycles. The minimum Gasteiger partial charge on any atom is -0.120 e. The van der Waals surface area contributed by atoms with Gasteiger partial charge in [-0.1, -0.05) is 102 Å². The molecule has 0 heteroatoms. The lowest BCUT2D eigenvalue weighted by atomic mass is 9.87. The second-order valence-electron chi connectivity index (χ2n) is 8.80. The molecule has 1 fully saturated rings. The van der Waals surface area contributed by atoms with Gasteiger partial charge in [0.2, 0.25) is 0 Å². The van der Waals surface area contributed by atoms with Crippen molar-refractivity contribution in [3.63, 3.8) is 0 Å². The summed E-state index contributed by atoms with van der Waals surface area (Å²) in [5, 5.41) is 4.80. The van der Waals surface area contributed by atoms with E-state index in [4.69, 9.17) is 0 Å². The lowest BCUT2D eigenvalue weighted by molar-refractivity contribution is 0.385. The molecule has 0 aromatic heterocycles. The maximum absolute atomic E-state index is 4.60. The summed E-state index contributed by atoms with van der Waals surface area (Å²) in [5.41, 5.74) is 3.96. The van der Waals surface area contributed by atoms with Crippen molar-refractivity contribution in [1.82, 2.24) is 0 Å². The Morgan fingerprint density at radius 1 is 1.07 bits per heavy atom. The average Bonchev–Trinajstić information content (AvgIpc) is 2.73. The van der Waals surface area contributed by atoms with Crippen LogP contribution in [0.15, 0.2) is 36.4 Å². The zero-order chi connectivity index (χ0) is 22.7. The van der Waals surface area contributed by atoms with Crippen molar-refractivity contribution < 1.29 is 0 Å². The Morgan fingerprint density at radius 2 is 1.53 bits per heavy atom. The number of hydrogen-bond donors (Lipinski definition) is 0. The molecule has 2 aromatic rings. The SMILES string of the molecule is C#CC.C=C(C)[C@@H](C)Cc1c(CC)c(=C)c2ccccc2c1=C.CC1CCCCC1. The third-order valence-corrected chi connectivity index (χ3v) is 6.27. The lowest BCUT2D eigenvalue weighted by Crippen LogP contribution is -2.24. The highest BCUT2D eigenvalue weighted by Gasteiger charge is 2.12. The first-order valence-corrected chi connectivity index (χ1v) is 11.5. The highest BCUT2D eigenvalue weighted by atomic mass is 14.2. The van der Waals surface area contributed by atoms with Gasteiger partial charge in [0.15, 0.2) is 0 Å². The van der Waals surface area contributed by atoms with Crippen molar-refractivity contribution in [2.24, 2.45) is 11.8 Å². The summed E-state index contributed by atoms with van der Waals surface area (Å²) in [6.07, 6.45) is 14.0. The topological polar surface area (TPSA) is 0 Å². The zero-order valence-electron chi connectivity index (χ0n) is 20.1. The van der Waals surface area contributed by atoms with Gasteiger partial charge in [0.25, 0.3) is 0 Å². The monoisotopic (exact) mass is 402 g/mol. The summed E-state index contributed by atoms with van der Waals surface area (Å²) < 4.78 is 0. The van der Waals surface area contributed by atoms with Gasteiger partial charge in [0.1, 0.15) is 0 Å². The van der Waals surface area contributed by atoms with Crippen LogP contribution in [0.3, 0.4) is 0 Å².